The maximum atomic E-state index is 8.81. The van der Waals surface area contributed by atoms with E-state index in [4.69, 9.17) is 16.9 Å². The minimum atomic E-state index is 0.301. The Morgan fingerprint density at radius 1 is 1.50 bits per heavy atom. The van der Waals surface area contributed by atoms with Gasteiger partial charge in [-0.05, 0) is 12.1 Å². The third-order valence-corrected chi connectivity index (χ3v) is 2.58. The van der Waals surface area contributed by atoms with Gasteiger partial charge in [0.1, 0.15) is 23.1 Å². The lowest BCUT2D eigenvalue weighted by Gasteiger charge is -2.05. The topological polar surface area (TPSA) is 79.4 Å². The van der Waals surface area contributed by atoms with Crippen LogP contribution in [0.2, 0.25) is 5.15 Å². The molecule has 2 aromatic rings. The maximum absolute atomic E-state index is 8.81. The van der Waals surface area contributed by atoms with Gasteiger partial charge in [-0.3, -0.25) is 0 Å². The molecule has 0 saturated heterocycles. The molecule has 92 valence electrons. The Balaban J connectivity index is 1.97. The van der Waals surface area contributed by atoms with E-state index in [1.807, 2.05) is 17.7 Å². The van der Waals surface area contributed by atoms with E-state index in [9.17, 15) is 0 Å². The van der Waals surface area contributed by atoms with E-state index in [0.29, 0.717) is 29.5 Å². The lowest BCUT2D eigenvalue weighted by molar-refractivity contribution is 0.787. The summed E-state index contributed by atoms with van der Waals surface area (Å²) in [5.74, 6) is 1.46. The highest BCUT2D eigenvalue weighted by Gasteiger charge is 2.03. The van der Waals surface area contributed by atoms with Crippen LogP contribution in [0.25, 0.3) is 0 Å². The highest BCUT2D eigenvalue weighted by atomic mass is 35.5. The predicted octanol–water partition coefficient (Wildman–Crippen LogP) is 1.39. The quantitative estimate of drug-likeness (QED) is 0.843. The molecule has 2 rings (SSSR count). The second kappa shape index (κ2) is 5.47. The molecule has 0 radical (unpaired) electrons. The fourth-order valence-electron chi connectivity index (χ4n) is 1.49. The standard InChI is InChI=1S/C11H11ClN6/c1-18-7-15-17-11(18)2-3-14-10-5-8(6-13)4-9(12)16-10/h4-5,7H,2-3H2,1H3,(H,14,16). The van der Waals surface area contributed by atoms with Crippen molar-refractivity contribution in [3.63, 3.8) is 0 Å². The lowest BCUT2D eigenvalue weighted by atomic mass is 10.3. The zero-order valence-corrected chi connectivity index (χ0v) is 10.5. The third-order valence-electron chi connectivity index (χ3n) is 2.38. The number of pyridine rings is 1. The number of hydrogen-bond donors (Lipinski definition) is 1. The van der Waals surface area contributed by atoms with Crippen LogP contribution in [0.15, 0.2) is 18.5 Å². The van der Waals surface area contributed by atoms with Crippen molar-refractivity contribution < 1.29 is 0 Å². The number of aromatic nitrogens is 4. The van der Waals surface area contributed by atoms with Crippen LogP contribution < -0.4 is 5.32 Å². The molecular weight excluding hydrogens is 252 g/mol. The molecule has 0 spiro atoms. The van der Waals surface area contributed by atoms with Gasteiger partial charge in [0.25, 0.3) is 0 Å². The number of halogens is 1. The highest BCUT2D eigenvalue weighted by Crippen LogP contribution is 2.13. The normalized spacial score (nSPS) is 10.1. The Hall–Kier alpha value is -2.13. The van der Waals surface area contributed by atoms with Crippen molar-refractivity contribution in [3.8, 4) is 6.07 Å². The van der Waals surface area contributed by atoms with Crippen LogP contribution in [0, 0.1) is 11.3 Å². The number of aryl methyl sites for hydroxylation is 1. The molecule has 0 fully saturated rings. The molecule has 1 N–H and O–H groups in total. The van der Waals surface area contributed by atoms with Crippen molar-refractivity contribution in [3.05, 3.63) is 35.0 Å². The SMILES string of the molecule is Cn1cnnc1CCNc1cc(C#N)cc(Cl)n1. The Morgan fingerprint density at radius 2 is 2.33 bits per heavy atom. The van der Waals surface area contributed by atoms with Crippen molar-refractivity contribution in [2.45, 2.75) is 6.42 Å². The molecule has 6 nitrogen and oxygen atoms in total. The molecule has 0 bridgehead atoms. The van der Waals surface area contributed by atoms with Gasteiger partial charge in [-0.1, -0.05) is 11.6 Å². The van der Waals surface area contributed by atoms with Gasteiger partial charge in [-0.25, -0.2) is 4.98 Å². The second-order valence-corrected chi connectivity index (χ2v) is 4.10. The number of nitriles is 1. The minimum Gasteiger partial charge on any atom is -0.370 e. The first-order chi connectivity index (χ1) is 8.69. The molecule has 0 aromatic carbocycles. The monoisotopic (exact) mass is 262 g/mol. The smallest absolute Gasteiger partial charge is 0.134 e. The van der Waals surface area contributed by atoms with Crippen molar-refractivity contribution >= 4 is 17.4 Å². The van der Waals surface area contributed by atoms with Crippen molar-refractivity contribution in [2.24, 2.45) is 7.05 Å². The summed E-state index contributed by atoms with van der Waals surface area (Å²) in [6, 6.07) is 5.21. The molecule has 0 amide bonds. The van der Waals surface area contributed by atoms with Crippen LogP contribution in [0.5, 0.6) is 0 Å². The number of anilines is 1. The average Bonchev–Trinajstić information content (AvgIpc) is 2.74. The summed E-state index contributed by atoms with van der Waals surface area (Å²) in [5.41, 5.74) is 0.483. The van der Waals surface area contributed by atoms with Gasteiger partial charge >= 0.3 is 0 Å². The number of hydrogen-bond acceptors (Lipinski definition) is 5. The van der Waals surface area contributed by atoms with E-state index in [1.54, 1.807) is 12.4 Å². The van der Waals surface area contributed by atoms with Gasteiger partial charge in [0, 0.05) is 20.0 Å². The highest BCUT2D eigenvalue weighted by molar-refractivity contribution is 6.29. The summed E-state index contributed by atoms with van der Waals surface area (Å²) < 4.78 is 1.85. The molecule has 0 unspecified atom stereocenters. The van der Waals surface area contributed by atoms with E-state index in [-0.39, 0.29) is 0 Å². The van der Waals surface area contributed by atoms with Crippen LogP contribution in [-0.2, 0) is 13.5 Å². The van der Waals surface area contributed by atoms with Crippen LogP contribution in [0.3, 0.4) is 0 Å². The second-order valence-electron chi connectivity index (χ2n) is 3.71. The van der Waals surface area contributed by atoms with Gasteiger partial charge in [0.15, 0.2) is 0 Å². The molecule has 0 atom stereocenters. The van der Waals surface area contributed by atoms with Gasteiger partial charge in [-0.2, -0.15) is 5.26 Å². The van der Waals surface area contributed by atoms with Crippen LogP contribution in [-0.4, -0.2) is 26.3 Å². The first kappa shape index (κ1) is 12.3. The first-order valence-electron chi connectivity index (χ1n) is 5.33. The maximum Gasteiger partial charge on any atom is 0.134 e. The molecule has 0 aliphatic carbocycles. The van der Waals surface area contributed by atoms with E-state index < -0.39 is 0 Å². The minimum absolute atomic E-state index is 0.301. The van der Waals surface area contributed by atoms with Gasteiger partial charge in [0.2, 0.25) is 0 Å². The number of nitrogens with zero attached hydrogens (tertiary/aromatic N) is 5. The molecule has 0 aliphatic heterocycles. The fraction of sp³-hybridized carbons (Fsp3) is 0.273. The molecule has 2 heterocycles. The van der Waals surface area contributed by atoms with Crippen molar-refractivity contribution in [1.29, 1.82) is 5.26 Å². The number of nitrogens with one attached hydrogen (secondary N) is 1. The number of rotatable bonds is 4. The van der Waals surface area contributed by atoms with Crippen molar-refractivity contribution in [1.82, 2.24) is 19.7 Å². The Bertz CT molecular complexity index is 585. The van der Waals surface area contributed by atoms with Crippen LogP contribution >= 0.6 is 11.6 Å². The van der Waals surface area contributed by atoms with Gasteiger partial charge < -0.3 is 9.88 Å². The summed E-state index contributed by atoms with van der Waals surface area (Å²) in [5, 5.41) is 20.0. The zero-order chi connectivity index (χ0) is 13.0. The average molecular weight is 263 g/mol. The lowest BCUT2D eigenvalue weighted by Crippen LogP contribution is -2.09. The van der Waals surface area contributed by atoms with Crippen LogP contribution in [0.1, 0.15) is 11.4 Å². The molecule has 18 heavy (non-hydrogen) atoms. The van der Waals surface area contributed by atoms with Crippen LogP contribution in [0.4, 0.5) is 5.82 Å². The fourth-order valence-corrected chi connectivity index (χ4v) is 1.70. The van der Waals surface area contributed by atoms with E-state index in [1.165, 1.54) is 6.07 Å². The van der Waals surface area contributed by atoms with Gasteiger partial charge in [0.05, 0.1) is 11.6 Å². The zero-order valence-electron chi connectivity index (χ0n) is 9.76. The van der Waals surface area contributed by atoms with E-state index in [2.05, 4.69) is 20.5 Å². The predicted molar refractivity (Wildman–Crippen MR) is 67.2 cm³/mol. The summed E-state index contributed by atoms with van der Waals surface area (Å²) in [7, 11) is 1.89. The molecule has 0 aliphatic rings. The summed E-state index contributed by atoms with van der Waals surface area (Å²) in [4.78, 5) is 4.08. The van der Waals surface area contributed by atoms with E-state index >= 15 is 0 Å². The summed E-state index contributed by atoms with van der Waals surface area (Å²) in [6.07, 6.45) is 2.37. The largest absolute Gasteiger partial charge is 0.370 e. The third kappa shape index (κ3) is 2.96. The van der Waals surface area contributed by atoms with E-state index in [0.717, 1.165) is 5.82 Å². The first-order valence-corrected chi connectivity index (χ1v) is 5.71. The van der Waals surface area contributed by atoms with Crippen molar-refractivity contribution in [2.75, 3.05) is 11.9 Å². The van der Waals surface area contributed by atoms with Gasteiger partial charge in [-0.15, -0.1) is 10.2 Å². The molecule has 7 heteroatoms. The Kier molecular flexibility index (Phi) is 3.75. The molecular formula is C11H11ClN6. The summed E-state index contributed by atoms with van der Waals surface area (Å²) in [6.45, 7) is 0.644. The summed E-state index contributed by atoms with van der Waals surface area (Å²) >= 11 is 5.80. The molecule has 0 saturated carbocycles. The Labute approximate surface area is 109 Å². The Morgan fingerprint density at radius 3 is 3.00 bits per heavy atom. The molecule has 2 aromatic heterocycles.